The maximum Gasteiger partial charge on any atom is 0.176 e. The number of halogens is 1. The van der Waals surface area contributed by atoms with Crippen LogP contribution in [-0.4, -0.2) is 25.1 Å². The zero-order valence-corrected chi connectivity index (χ0v) is 13.6. The summed E-state index contributed by atoms with van der Waals surface area (Å²) in [5.74, 6) is 0.0367. The average molecular weight is 327 g/mol. The van der Waals surface area contributed by atoms with Gasteiger partial charge in [-0.3, -0.25) is 9.78 Å². The molecular weight excluding hydrogens is 312 g/mol. The summed E-state index contributed by atoms with van der Waals surface area (Å²) in [6.45, 7) is 3.81. The number of aryl methyl sites for hydroxylation is 2. The molecule has 0 aromatic carbocycles. The van der Waals surface area contributed by atoms with Gasteiger partial charge in [0.2, 0.25) is 0 Å². The molecule has 0 aliphatic heterocycles. The summed E-state index contributed by atoms with van der Waals surface area (Å²) in [6, 6.07) is 1.84. The van der Waals surface area contributed by atoms with E-state index in [0.717, 1.165) is 16.9 Å². The van der Waals surface area contributed by atoms with E-state index in [0.29, 0.717) is 29.3 Å². The lowest BCUT2D eigenvalue weighted by molar-refractivity contribution is 0.0871. The second kappa shape index (κ2) is 4.86. The van der Waals surface area contributed by atoms with Crippen LogP contribution in [0.25, 0.3) is 5.65 Å². The van der Waals surface area contributed by atoms with Crippen LogP contribution in [0, 0.1) is 6.92 Å². The van der Waals surface area contributed by atoms with Crippen molar-refractivity contribution in [3.8, 4) is 0 Å². The third kappa shape index (κ3) is 2.00. The fourth-order valence-corrected chi connectivity index (χ4v) is 3.42. The van der Waals surface area contributed by atoms with E-state index in [1.807, 2.05) is 36.7 Å². The van der Waals surface area contributed by atoms with E-state index in [1.165, 1.54) is 0 Å². The molecule has 0 saturated heterocycles. The van der Waals surface area contributed by atoms with Gasteiger partial charge in [-0.1, -0.05) is 11.6 Å². The summed E-state index contributed by atoms with van der Waals surface area (Å²) in [4.78, 5) is 26.4. The lowest BCUT2D eigenvalue weighted by Crippen LogP contribution is -2.39. The van der Waals surface area contributed by atoms with Gasteiger partial charge in [0.15, 0.2) is 11.4 Å². The van der Waals surface area contributed by atoms with Gasteiger partial charge >= 0.3 is 0 Å². The van der Waals surface area contributed by atoms with E-state index in [1.54, 1.807) is 12.4 Å². The first kappa shape index (κ1) is 14.3. The number of pyridine rings is 1. The maximum atomic E-state index is 13.2. The Hall–Kier alpha value is -2.27. The topological polar surface area (TPSA) is 60.1 Å². The first-order valence-corrected chi connectivity index (χ1v) is 7.87. The van der Waals surface area contributed by atoms with Crippen molar-refractivity contribution in [2.24, 2.45) is 0 Å². The van der Waals surface area contributed by atoms with Gasteiger partial charge in [-0.2, -0.15) is 0 Å². The van der Waals surface area contributed by atoms with E-state index in [-0.39, 0.29) is 5.78 Å². The number of hydrogen-bond donors (Lipinski definition) is 0. The van der Waals surface area contributed by atoms with Crippen LogP contribution >= 0.6 is 11.6 Å². The third-order valence-electron chi connectivity index (χ3n) is 4.67. The monoisotopic (exact) mass is 326 g/mol. The summed E-state index contributed by atoms with van der Waals surface area (Å²) in [5.41, 5.74) is 2.98. The molecule has 3 aromatic rings. The molecule has 0 radical (unpaired) electrons. The van der Waals surface area contributed by atoms with Crippen LogP contribution in [0.1, 0.15) is 40.7 Å². The number of imidazole rings is 1. The van der Waals surface area contributed by atoms with Gasteiger partial charge in [-0.25, -0.2) is 9.97 Å². The fraction of sp³-hybridized carbons (Fsp3) is 0.294. The van der Waals surface area contributed by atoms with Crippen LogP contribution in [0.4, 0.5) is 0 Å². The van der Waals surface area contributed by atoms with Crippen molar-refractivity contribution in [2.45, 2.75) is 32.1 Å². The fourth-order valence-electron chi connectivity index (χ4n) is 3.26. The number of hydrogen-bond acceptors (Lipinski definition) is 4. The highest BCUT2D eigenvalue weighted by Gasteiger charge is 2.43. The van der Waals surface area contributed by atoms with Gasteiger partial charge in [0.25, 0.3) is 0 Å². The molecule has 0 bridgehead atoms. The predicted octanol–water partition coefficient (Wildman–Crippen LogP) is 3.17. The Bertz CT molecular complexity index is 949. The van der Waals surface area contributed by atoms with Gasteiger partial charge < -0.3 is 4.40 Å². The molecule has 1 aliphatic carbocycles. The quantitative estimate of drug-likeness (QED) is 0.644. The van der Waals surface area contributed by atoms with Crippen LogP contribution in [0.2, 0.25) is 5.15 Å². The van der Waals surface area contributed by atoms with Crippen LogP contribution in [0.15, 0.2) is 30.9 Å². The van der Waals surface area contributed by atoms with Crippen molar-refractivity contribution in [3.05, 3.63) is 58.5 Å². The number of Topliss-reactive ketones (excluding diaryl/α,β-unsaturated/α-hetero) is 1. The predicted molar refractivity (Wildman–Crippen MR) is 87.0 cm³/mol. The van der Waals surface area contributed by atoms with Crippen molar-refractivity contribution < 1.29 is 4.79 Å². The van der Waals surface area contributed by atoms with Gasteiger partial charge in [-0.05, 0) is 38.3 Å². The Morgan fingerprint density at radius 1 is 1.26 bits per heavy atom. The molecule has 4 rings (SSSR count). The third-order valence-corrected chi connectivity index (χ3v) is 5.05. The molecule has 1 aliphatic rings. The molecular formula is C17H15ClN4O. The molecule has 0 saturated carbocycles. The van der Waals surface area contributed by atoms with E-state index in [9.17, 15) is 4.79 Å². The highest BCUT2D eigenvalue weighted by atomic mass is 35.5. The zero-order chi connectivity index (χ0) is 16.2. The molecule has 3 aromatic heterocycles. The molecule has 0 N–H and O–H groups in total. The lowest BCUT2D eigenvalue weighted by Gasteiger charge is -2.32. The second-order valence-electron chi connectivity index (χ2n) is 6.19. The molecule has 0 fully saturated rings. The van der Waals surface area contributed by atoms with Gasteiger partial charge in [-0.15, -0.1) is 0 Å². The van der Waals surface area contributed by atoms with E-state index in [2.05, 4.69) is 15.0 Å². The van der Waals surface area contributed by atoms with Crippen molar-refractivity contribution >= 4 is 23.0 Å². The summed E-state index contributed by atoms with van der Waals surface area (Å²) >= 11 is 6.10. The normalized spacial score (nSPS) is 20.7. The number of ketones is 1. The SMILES string of the molecule is Cc1cc2c(nc1Cl)CCC(C)(c1nccn3ccnc13)C2=O. The molecule has 0 amide bonds. The Morgan fingerprint density at radius 2 is 2.00 bits per heavy atom. The van der Waals surface area contributed by atoms with Crippen LogP contribution in [-0.2, 0) is 11.8 Å². The summed E-state index contributed by atoms with van der Waals surface area (Å²) in [5, 5.41) is 0.466. The summed E-state index contributed by atoms with van der Waals surface area (Å²) in [6.07, 6.45) is 8.46. The van der Waals surface area contributed by atoms with Crippen LogP contribution < -0.4 is 0 Å². The van der Waals surface area contributed by atoms with E-state index >= 15 is 0 Å². The maximum absolute atomic E-state index is 13.2. The Morgan fingerprint density at radius 3 is 2.78 bits per heavy atom. The van der Waals surface area contributed by atoms with E-state index < -0.39 is 5.41 Å². The first-order chi connectivity index (χ1) is 11.0. The number of nitrogens with zero attached hydrogens (tertiary/aromatic N) is 4. The lowest BCUT2D eigenvalue weighted by atomic mass is 9.71. The molecule has 23 heavy (non-hydrogen) atoms. The van der Waals surface area contributed by atoms with Gasteiger partial charge in [0.05, 0.1) is 16.8 Å². The molecule has 5 nitrogen and oxygen atoms in total. The summed E-state index contributed by atoms with van der Waals surface area (Å²) < 4.78 is 1.89. The highest BCUT2D eigenvalue weighted by Crippen LogP contribution is 2.39. The molecule has 0 spiro atoms. The Kier molecular flexibility index (Phi) is 3.03. The average Bonchev–Trinajstić information content (AvgIpc) is 3.02. The van der Waals surface area contributed by atoms with E-state index in [4.69, 9.17) is 11.6 Å². The molecule has 6 heteroatoms. The molecule has 3 heterocycles. The molecule has 1 unspecified atom stereocenters. The number of aromatic nitrogens is 4. The minimum atomic E-state index is -0.706. The number of fused-ring (bicyclic) bond motifs is 2. The first-order valence-electron chi connectivity index (χ1n) is 7.50. The van der Waals surface area contributed by atoms with Crippen LogP contribution in [0.5, 0.6) is 0 Å². The number of carbonyl (C=O) groups is 1. The van der Waals surface area contributed by atoms with Crippen molar-refractivity contribution in [1.29, 1.82) is 0 Å². The number of carbonyl (C=O) groups excluding carboxylic acids is 1. The summed E-state index contributed by atoms with van der Waals surface area (Å²) in [7, 11) is 0. The highest BCUT2D eigenvalue weighted by molar-refractivity contribution is 6.30. The van der Waals surface area contributed by atoms with Crippen LogP contribution in [0.3, 0.4) is 0 Å². The minimum Gasteiger partial charge on any atom is -0.304 e. The second-order valence-corrected chi connectivity index (χ2v) is 6.54. The van der Waals surface area contributed by atoms with Gasteiger partial charge in [0.1, 0.15) is 5.15 Å². The minimum absolute atomic E-state index is 0.0367. The standard InChI is InChI=1S/C17H15ClN4O/c1-10-9-11-12(21-15(10)18)3-4-17(2,14(11)23)13-16-20-6-8-22(16)7-5-19-13/h5-9H,3-4H2,1-2H3. The van der Waals surface area contributed by atoms with Crippen molar-refractivity contribution in [2.75, 3.05) is 0 Å². The Balaban J connectivity index is 1.91. The molecule has 1 atom stereocenters. The smallest absolute Gasteiger partial charge is 0.176 e. The van der Waals surface area contributed by atoms with Crippen molar-refractivity contribution in [3.63, 3.8) is 0 Å². The van der Waals surface area contributed by atoms with Crippen molar-refractivity contribution in [1.82, 2.24) is 19.4 Å². The zero-order valence-electron chi connectivity index (χ0n) is 12.9. The Labute approximate surface area is 138 Å². The largest absolute Gasteiger partial charge is 0.304 e. The number of rotatable bonds is 1. The van der Waals surface area contributed by atoms with Gasteiger partial charge in [0, 0.05) is 30.4 Å². The molecule has 116 valence electrons.